The zero-order chi connectivity index (χ0) is 12.6. The minimum atomic E-state index is 0.113. The van der Waals surface area contributed by atoms with E-state index in [0.717, 1.165) is 0 Å². The van der Waals surface area contributed by atoms with E-state index < -0.39 is 0 Å². The van der Waals surface area contributed by atoms with Crippen molar-refractivity contribution in [1.29, 1.82) is 0 Å². The van der Waals surface area contributed by atoms with E-state index in [-0.39, 0.29) is 5.96 Å². The second-order valence-corrected chi connectivity index (χ2v) is 2.45. The Labute approximate surface area is 97.3 Å². The third-order valence-corrected chi connectivity index (χ3v) is 1.26. The molecular weight excluding hydrogens is 204 g/mol. The van der Waals surface area contributed by atoms with Gasteiger partial charge in [-0.1, -0.05) is 36.4 Å². The molecule has 0 spiro atoms. The van der Waals surface area contributed by atoms with E-state index in [4.69, 9.17) is 11.5 Å². The van der Waals surface area contributed by atoms with Gasteiger partial charge in [0, 0.05) is 7.11 Å². The second-order valence-electron chi connectivity index (χ2n) is 2.45. The number of rotatable bonds is 3. The monoisotopic (exact) mass is 226 g/mol. The molecule has 1 aromatic carbocycles. The van der Waals surface area contributed by atoms with Gasteiger partial charge in [0.2, 0.25) is 0 Å². The first-order valence-corrected chi connectivity index (χ1v) is 4.89. The molecule has 0 saturated carbocycles. The van der Waals surface area contributed by atoms with E-state index in [1.807, 2.05) is 36.4 Å². The highest BCUT2D eigenvalue weighted by Crippen LogP contribution is 1.79. The lowest BCUT2D eigenvalue weighted by Gasteiger charge is -1.91. The van der Waals surface area contributed by atoms with E-state index in [1.165, 1.54) is 7.05 Å². The first kappa shape index (κ1) is 16.8. The summed E-state index contributed by atoms with van der Waals surface area (Å²) in [7, 11) is 3.10. The fourth-order valence-electron chi connectivity index (χ4n) is 0.651. The number of ether oxygens (including phenoxy) is 1. The zero-order valence-corrected chi connectivity index (χ0v) is 9.97. The molecule has 5 heteroatoms. The molecule has 0 fully saturated rings. The van der Waals surface area contributed by atoms with Crippen molar-refractivity contribution in [3.8, 4) is 0 Å². The zero-order valence-electron chi connectivity index (χ0n) is 9.97. The van der Waals surface area contributed by atoms with Crippen LogP contribution in [0.15, 0.2) is 41.4 Å². The molecular formula is C11H22N4O. The average Bonchev–Trinajstić information content (AvgIpc) is 2.35. The number of nitrogens with two attached hydrogens (primary N) is 3. The van der Waals surface area contributed by atoms with Crippen LogP contribution in [0.3, 0.4) is 0 Å². The molecule has 0 bridgehead atoms. The SMILES string of the molecule is CN.COCCN=C(N)N.c1ccccc1. The van der Waals surface area contributed by atoms with E-state index in [9.17, 15) is 0 Å². The Morgan fingerprint density at radius 3 is 1.62 bits per heavy atom. The van der Waals surface area contributed by atoms with Crippen molar-refractivity contribution in [3.63, 3.8) is 0 Å². The maximum absolute atomic E-state index is 5.01. The smallest absolute Gasteiger partial charge is 0.185 e. The van der Waals surface area contributed by atoms with Gasteiger partial charge in [-0.25, -0.2) is 0 Å². The lowest BCUT2D eigenvalue weighted by atomic mass is 10.4. The highest BCUT2D eigenvalue weighted by atomic mass is 16.5. The lowest BCUT2D eigenvalue weighted by molar-refractivity contribution is 0.208. The largest absolute Gasteiger partial charge is 0.383 e. The van der Waals surface area contributed by atoms with Gasteiger partial charge in [0.05, 0.1) is 13.2 Å². The third-order valence-electron chi connectivity index (χ3n) is 1.26. The number of benzene rings is 1. The molecule has 0 amide bonds. The molecule has 1 aromatic rings. The maximum Gasteiger partial charge on any atom is 0.185 e. The van der Waals surface area contributed by atoms with Gasteiger partial charge in [-0.05, 0) is 7.05 Å². The van der Waals surface area contributed by atoms with Crippen LogP contribution in [0.2, 0.25) is 0 Å². The normalized spacial score (nSPS) is 7.69. The Morgan fingerprint density at radius 2 is 1.38 bits per heavy atom. The predicted molar refractivity (Wildman–Crippen MR) is 69.1 cm³/mol. The van der Waals surface area contributed by atoms with Crippen LogP contribution in [0, 0.1) is 0 Å². The summed E-state index contributed by atoms with van der Waals surface area (Å²) in [5, 5.41) is 0. The molecule has 0 aromatic heterocycles. The number of hydrogen-bond acceptors (Lipinski definition) is 3. The molecule has 0 unspecified atom stereocenters. The number of aliphatic imine (C=N–C) groups is 1. The van der Waals surface area contributed by atoms with Gasteiger partial charge in [0.1, 0.15) is 0 Å². The number of guanidine groups is 1. The standard InChI is InChI=1S/C6H6.C4H11N3O.CH5N/c1-2-4-6-5-3-1;1-8-3-2-7-4(5)6;1-2/h1-6H;2-3H2,1H3,(H4,5,6,7);2H2,1H3. The van der Waals surface area contributed by atoms with Crippen LogP contribution >= 0.6 is 0 Å². The van der Waals surface area contributed by atoms with Gasteiger partial charge in [-0.2, -0.15) is 0 Å². The van der Waals surface area contributed by atoms with E-state index in [1.54, 1.807) is 7.11 Å². The van der Waals surface area contributed by atoms with Crippen molar-refractivity contribution in [2.24, 2.45) is 22.2 Å². The van der Waals surface area contributed by atoms with Crippen molar-refractivity contribution in [2.75, 3.05) is 27.3 Å². The molecule has 1 rings (SSSR count). The molecule has 0 aliphatic carbocycles. The van der Waals surface area contributed by atoms with Gasteiger partial charge in [-0.3, -0.25) is 4.99 Å². The van der Waals surface area contributed by atoms with Crippen molar-refractivity contribution in [1.82, 2.24) is 0 Å². The van der Waals surface area contributed by atoms with E-state index in [0.29, 0.717) is 13.2 Å². The molecule has 0 saturated heterocycles. The minimum Gasteiger partial charge on any atom is -0.383 e. The summed E-state index contributed by atoms with van der Waals surface area (Å²) in [6.07, 6.45) is 0. The summed E-state index contributed by atoms with van der Waals surface area (Å²) in [6.45, 7) is 1.11. The molecule has 92 valence electrons. The summed E-state index contributed by atoms with van der Waals surface area (Å²) in [4.78, 5) is 3.66. The molecule has 5 nitrogen and oxygen atoms in total. The van der Waals surface area contributed by atoms with Crippen LogP contribution in [0.4, 0.5) is 0 Å². The fourth-order valence-corrected chi connectivity index (χ4v) is 0.651. The summed E-state index contributed by atoms with van der Waals surface area (Å²) >= 11 is 0. The van der Waals surface area contributed by atoms with Crippen molar-refractivity contribution in [2.45, 2.75) is 0 Å². The van der Waals surface area contributed by atoms with Crippen LogP contribution in [-0.4, -0.2) is 33.3 Å². The maximum atomic E-state index is 5.01. The van der Waals surface area contributed by atoms with Gasteiger partial charge >= 0.3 is 0 Å². The number of hydrogen-bond donors (Lipinski definition) is 3. The highest BCUT2D eigenvalue weighted by Gasteiger charge is 1.78. The quantitative estimate of drug-likeness (QED) is 0.388. The van der Waals surface area contributed by atoms with Gasteiger partial charge in [0.25, 0.3) is 0 Å². The van der Waals surface area contributed by atoms with Crippen molar-refractivity contribution in [3.05, 3.63) is 36.4 Å². The molecule has 16 heavy (non-hydrogen) atoms. The van der Waals surface area contributed by atoms with Crippen LogP contribution in [0.5, 0.6) is 0 Å². The lowest BCUT2D eigenvalue weighted by Crippen LogP contribution is -2.23. The second kappa shape index (κ2) is 15.9. The molecule has 0 atom stereocenters. The van der Waals surface area contributed by atoms with Gasteiger partial charge < -0.3 is 21.9 Å². The van der Waals surface area contributed by atoms with Crippen LogP contribution in [-0.2, 0) is 4.74 Å². The Hall–Kier alpha value is -1.59. The predicted octanol–water partition coefficient (Wildman–Crippen LogP) is 0.168. The molecule has 6 N–H and O–H groups in total. The van der Waals surface area contributed by atoms with E-state index in [2.05, 4.69) is 15.5 Å². The Morgan fingerprint density at radius 1 is 1.00 bits per heavy atom. The first-order chi connectivity index (χ1) is 7.77. The molecule has 0 heterocycles. The van der Waals surface area contributed by atoms with Crippen LogP contribution in [0.1, 0.15) is 0 Å². The van der Waals surface area contributed by atoms with Crippen LogP contribution in [0.25, 0.3) is 0 Å². The molecule has 0 aliphatic rings. The van der Waals surface area contributed by atoms with Crippen LogP contribution < -0.4 is 17.2 Å². The van der Waals surface area contributed by atoms with E-state index >= 15 is 0 Å². The van der Waals surface area contributed by atoms with Gasteiger partial charge in [0.15, 0.2) is 5.96 Å². The van der Waals surface area contributed by atoms with Crippen molar-refractivity contribution >= 4 is 5.96 Å². The Kier molecular flexibility index (Phi) is 16.7. The molecule has 0 radical (unpaired) electrons. The van der Waals surface area contributed by atoms with Crippen molar-refractivity contribution < 1.29 is 4.74 Å². The number of methoxy groups -OCH3 is 1. The first-order valence-electron chi connectivity index (χ1n) is 4.89. The average molecular weight is 226 g/mol. The third kappa shape index (κ3) is 18.2. The summed E-state index contributed by atoms with van der Waals surface area (Å²) in [6, 6.07) is 12.0. The molecule has 0 aliphatic heterocycles. The summed E-state index contributed by atoms with van der Waals surface area (Å²) < 4.78 is 4.67. The number of nitrogens with zero attached hydrogens (tertiary/aromatic N) is 1. The Bertz CT molecular complexity index is 208. The van der Waals surface area contributed by atoms with Gasteiger partial charge in [-0.15, -0.1) is 0 Å². The minimum absolute atomic E-state index is 0.113. The topological polar surface area (TPSA) is 99.6 Å². The summed E-state index contributed by atoms with van der Waals surface area (Å²) in [5.74, 6) is 0.113. The Balaban J connectivity index is 0. The highest BCUT2D eigenvalue weighted by molar-refractivity contribution is 5.75. The fraction of sp³-hybridized carbons (Fsp3) is 0.364. The summed E-state index contributed by atoms with van der Waals surface area (Å²) in [5.41, 5.74) is 14.5.